The van der Waals surface area contributed by atoms with Crippen LogP contribution in [0, 0.1) is 0 Å². The van der Waals surface area contributed by atoms with Gasteiger partial charge in [0.1, 0.15) is 18.5 Å². The van der Waals surface area contributed by atoms with Crippen molar-refractivity contribution in [3.8, 4) is 5.75 Å². The fourth-order valence-electron chi connectivity index (χ4n) is 3.59. The Morgan fingerprint density at radius 2 is 1.75 bits per heavy atom. The molecule has 5 heteroatoms. The predicted octanol–water partition coefficient (Wildman–Crippen LogP) is 2.89. The molecule has 1 aromatic carbocycles. The number of hydrogen-bond acceptors (Lipinski definition) is 5. The largest absolute Gasteiger partial charge is 0.491 e. The molecular weight excluding hydrogens is 352 g/mol. The summed E-state index contributed by atoms with van der Waals surface area (Å²) in [6.07, 6.45) is 7.80. The van der Waals surface area contributed by atoms with E-state index in [1.807, 2.05) is 24.3 Å². The van der Waals surface area contributed by atoms with E-state index in [0.717, 1.165) is 24.4 Å². The van der Waals surface area contributed by atoms with Crippen LogP contribution in [0.3, 0.4) is 0 Å². The van der Waals surface area contributed by atoms with Gasteiger partial charge in [0.15, 0.2) is 0 Å². The normalized spacial score (nSPS) is 16.5. The second-order valence-electron chi connectivity index (χ2n) is 7.78. The lowest BCUT2D eigenvalue weighted by atomic mass is 9.95. The van der Waals surface area contributed by atoms with Crippen molar-refractivity contribution in [3.05, 3.63) is 55.1 Å². The number of aliphatic hydroxyl groups excluding tert-OH is 1. The first-order valence-corrected chi connectivity index (χ1v) is 10.3. The van der Waals surface area contributed by atoms with E-state index in [1.165, 1.54) is 19.3 Å². The van der Waals surface area contributed by atoms with Crippen molar-refractivity contribution in [2.45, 2.75) is 50.4 Å². The maximum absolute atomic E-state index is 10.5. The maximum Gasteiger partial charge on any atom is 0.119 e. The zero-order valence-corrected chi connectivity index (χ0v) is 17.0. The van der Waals surface area contributed by atoms with Gasteiger partial charge in [0.25, 0.3) is 0 Å². The van der Waals surface area contributed by atoms with Gasteiger partial charge in [0.05, 0.1) is 5.60 Å². The highest BCUT2D eigenvalue weighted by Crippen LogP contribution is 2.17. The molecule has 0 aromatic heterocycles. The van der Waals surface area contributed by atoms with Crippen LogP contribution in [0.15, 0.2) is 49.6 Å². The molecule has 3 N–H and O–H groups in total. The van der Waals surface area contributed by atoms with E-state index < -0.39 is 11.7 Å². The molecule has 0 spiro atoms. The molecule has 0 saturated carbocycles. The number of β-amino-alcohol motifs (C(OH)–C–C–N with tert-alkyl or cyclic N) is 1. The van der Waals surface area contributed by atoms with Crippen LogP contribution in [0.2, 0.25) is 0 Å². The van der Waals surface area contributed by atoms with E-state index in [0.29, 0.717) is 39.1 Å². The quantitative estimate of drug-likeness (QED) is 0.454. The van der Waals surface area contributed by atoms with Crippen LogP contribution in [0.1, 0.15) is 37.7 Å². The minimum Gasteiger partial charge on any atom is -0.491 e. The Bertz CT molecular complexity index is 572. The highest BCUT2D eigenvalue weighted by molar-refractivity contribution is 5.27. The minimum absolute atomic E-state index is 0.310. The summed E-state index contributed by atoms with van der Waals surface area (Å²) in [6, 6.07) is 7.84. The lowest BCUT2D eigenvalue weighted by Crippen LogP contribution is -2.39. The molecule has 1 saturated heterocycles. The van der Waals surface area contributed by atoms with E-state index in [4.69, 9.17) is 4.74 Å². The van der Waals surface area contributed by atoms with Gasteiger partial charge < -0.3 is 25.2 Å². The van der Waals surface area contributed by atoms with Crippen molar-refractivity contribution in [1.82, 2.24) is 10.2 Å². The predicted molar refractivity (Wildman–Crippen MR) is 115 cm³/mol. The number of benzene rings is 1. The average Bonchev–Trinajstić information content (AvgIpc) is 2.68. The second kappa shape index (κ2) is 12.0. The number of hydrogen-bond donors (Lipinski definition) is 3. The fraction of sp³-hybridized carbons (Fsp3) is 0.565. The van der Waals surface area contributed by atoms with Gasteiger partial charge in [-0.05, 0) is 56.5 Å². The first-order chi connectivity index (χ1) is 13.5. The van der Waals surface area contributed by atoms with Gasteiger partial charge in [-0.2, -0.15) is 0 Å². The number of rotatable bonds is 13. The Morgan fingerprint density at radius 3 is 2.36 bits per heavy atom. The summed E-state index contributed by atoms with van der Waals surface area (Å²) in [4.78, 5) is 2.31. The van der Waals surface area contributed by atoms with Gasteiger partial charge in [0, 0.05) is 19.6 Å². The highest BCUT2D eigenvalue weighted by Gasteiger charge is 2.23. The maximum atomic E-state index is 10.5. The molecule has 0 aliphatic carbocycles. The van der Waals surface area contributed by atoms with E-state index in [-0.39, 0.29) is 0 Å². The molecule has 0 amide bonds. The van der Waals surface area contributed by atoms with Gasteiger partial charge in [0.2, 0.25) is 0 Å². The molecule has 1 fully saturated rings. The van der Waals surface area contributed by atoms with Gasteiger partial charge >= 0.3 is 0 Å². The molecule has 1 aliphatic heterocycles. The van der Waals surface area contributed by atoms with Crippen LogP contribution < -0.4 is 10.1 Å². The molecule has 28 heavy (non-hydrogen) atoms. The van der Waals surface area contributed by atoms with Crippen LogP contribution >= 0.6 is 0 Å². The number of ether oxygens (including phenoxy) is 1. The van der Waals surface area contributed by atoms with Crippen molar-refractivity contribution in [2.75, 3.05) is 32.8 Å². The Balaban J connectivity index is 1.70. The molecule has 0 radical (unpaired) electrons. The lowest BCUT2D eigenvalue weighted by Gasteiger charge is -2.28. The van der Waals surface area contributed by atoms with Crippen LogP contribution in [-0.2, 0) is 6.54 Å². The number of piperidine rings is 1. The van der Waals surface area contributed by atoms with Crippen LogP contribution in [0.25, 0.3) is 0 Å². The molecule has 1 aliphatic rings. The molecule has 156 valence electrons. The third-order valence-corrected chi connectivity index (χ3v) is 5.12. The number of aliphatic hydroxyl groups is 2. The third kappa shape index (κ3) is 8.15. The summed E-state index contributed by atoms with van der Waals surface area (Å²) < 4.78 is 5.73. The Hall–Kier alpha value is -1.66. The van der Waals surface area contributed by atoms with Crippen LogP contribution in [-0.4, -0.2) is 59.6 Å². The van der Waals surface area contributed by atoms with Gasteiger partial charge in [-0.3, -0.25) is 0 Å². The molecule has 2 rings (SSSR count). The van der Waals surface area contributed by atoms with Crippen LogP contribution in [0.4, 0.5) is 0 Å². The summed E-state index contributed by atoms with van der Waals surface area (Å²) in [5.41, 5.74) is 0.276. The average molecular weight is 389 g/mol. The molecule has 5 nitrogen and oxygen atoms in total. The molecule has 1 heterocycles. The van der Waals surface area contributed by atoms with Gasteiger partial charge in [-0.15, -0.1) is 13.2 Å². The van der Waals surface area contributed by atoms with E-state index in [1.54, 1.807) is 12.2 Å². The molecule has 0 bridgehead atoms. The zero-order valence-electron chi connectivity index (χ0n) is 17.0. The van der Waals surface area contributed by atoms with Crippen molar-refractivity contribution < 1.29 is 14.9 Å². The minimum atomic E-state index is -0.836. The van der Waals surface area contributed by atoms with Crippen LogP contribution in [0.5, 0.6) is 5.75 Å². The van der Waals surface area contributed by atoms with Crippen molar-refractivity contribution in [2.24, 2.45) is 0 Å². The highest BCUT2D eigenvalue weighted by atomic mass is 16.5. The number of likely N-dealkylation sites (tertiary alicyclic amines) is 1. The van der Waals surface area contributed by atoms with E-state index in [9.17, 15) is 10.2 Å². The van der Waals surface area contributed by atoms with Crippen molar-refractivity contribution in [3.63, 3.8) is 0 Å². The van der Waals surface area contributed by atoms with Crippen molar-refractivity contribution in [1.29, 1.82) is 0 Å². The summed E-state index contributed by atoms with van der Waals surface area (Å²) in [7, 11) is 0. The third-order valence-electron chi connectivity index (χ3n) is 5.12. The zero-order chi connectivity index (χ0) is 20.2. The molecule has 1 atom stereocenters. The first kappa shape index (κ1) is 22.6. The summed E-state index contributed by atoms with van der Waals surface area (Å²) in [5, 5.41) is 24.0. The molecule has 1 aromatic rings. The first-order valence-electron chi connectivity index (χ1n) is 10.3. The second-order valence-corrected chi connectivity index (χ2v) is 7.78. The molecule has 0 unspecified atom stereocenters. The monoisotopic (exact) mass is 388 g/mol. The number of nitrogens with one attached hydrogen (secondary N) is 1. The lowest BCUT2D eigenvalue weighted by molar-refractivity contribution is 0.0461. The standard InChI is InChI=1S/C23H36N2O3/c1-3-12-23(27,13-4-2)19-24-16-20-8-10-22(11-9-20)28-18-21(26)17-25-14-6-5-7-15-25/h3-4,8-11,21,24,26-27H,1-2,5-7,12-19H2/t21-/m0/s1. The smallest absolute Gasteiger partial charge is 0.119 e. The molecular formula is C23H36N2O3. The summed E-state index contributed by atoms with van der Waals surface area (Å²) in [5.74, 6) is 0.760. The summed E-state index contributed by atoms with van der Waals surface area (Å²) in [6.45, 7) is 11.7. The van der Waals surface area contributed by atoms with Gasteiger partial charge in [-0.1, -0.05) is 30.7 Å². The van der Waals surface area contributed by atoms with Gasteiger partial charge in [-0.25, -0.2) is 0 Å². The Labute approximate surface area is 169 Å². The van der Waals surface area contributed by atoms with Crippen molar-refractivity contribution >= 4 is 0 Å². The van der Waals surface area contributed by atoms with E-state index in [2.05, 4.69) is 23.4 Å². The topological polar surface area (TPSA) is 65.0 Å². The SMILES string of the molecule is C=CCC(O)(CC=C)CNCc1ccc(OC[C@@H](O)CN2CCCCC2)cc1. The summed E-state index contributed by atoms with van der Waals surface area (Å²) >= 11 is 0. The van der Waals surface area contributed by atoms with E-state index >= 15 is 0 Å². The Morgan fingerprint density at radius 1 is 1.11 bits per heavy atom. The number of nitrogens with zero attached hydrogens (tertiary/aromatic N) is 1. The Kier molecular flexibility index (Phi) is 9.71. The fourth-order valence-corrected chi connectivity index (χ4v) is 3.59.